The molecule has 1 heterocycles. The highest BCUT2D eigenvalue weighted by Crippen LogP contribution is 2.23. The van der Waals surface area contributed by atoms with E-state index in [0.717, 1.165) is 57.8 Å². The van der Waals surface area contributed by atoms with E-state index in [1.165, 1.54) is 161 Å². The number of nitrogens with one attached hydrogen (secondary N) is 1. The van der Waals surface area contributed by atoms with Gasteiger partial charge in [0.05, 0.1) is 25.4 Å². The van der Waals surface area contributed by atoms with Gasteiger partial charge in [-0.15, -0.1) is 0 Å². The normalized spacial score (nSPS) is 20.4. The Hall–Kier alpha value is -1.85. The van der Waals surface area contributed by atoms with Crippen LogP contribution in [0, 0.1) is 0 Å². The minimum absolute atomic E-state index is 0.194. The summed E-state index contributed by atoms with van der Waals surface area (Å²) in [5.74, 6) is -0.194. The summed E-state index contributed by atoms with van der Waals surface area (Å²) >= 11 is 0. The number of allylic oxidation sites excluding steroid dienone is 7. The molecule has 0 saturated carbocycles. The van der Waals surface area contributed by atoms with Crippen molar-refractivity contribution in [1.82, 2.24) is 5.32 Å². The third-order valence-electron chi connectivity index (χ3n) is 12.6. The Kier molecular flexibility index (Phi) is 42.3. The van der Waals surface area contributed by atoms with Gasteiger partial charge in [0, 0.05) is 6.42 Å². The maximum absolute atomic E-state index is 13.0. The average molecular weight is 904 g/mol. The standard InChI is InChI=1S/C55H101NO8/c1-3-5-7-9-11-13-15-17-19-21-23-24-25-26-27-28-30-32-34-36-38-40-42-44-49(58)48(47-63-55-54(62)53(61)52(60)50(46-57)64-55)56-51(59)45-43-41-39-37-35-33-31-29-22-20-18-16-14-12-10-8-6-4-2/h14,16,20,22,34,36,42,44,48-50,52-55,57-58,60-62H,3-13,15,17-19,21,23-33,35,37-41,43,45-47H2,1-2H3,(H,56,59)/b16-14-,22-20-,36-34+,44-42+. The van der Waals surface area contributed by atoms with E-state index in [2.05, 4.69) is 55.6 Å². The minimum Gasteiger partial charge on any atom is -0.394 e. The first-order valence-corrected chi connectivity index (χ1v) is 26.9. The number of unbranched alkanes of at least 4 members (excludes halogenated alkanes) is 29. The van der Waals surface area contributed by atoms with Crippen LogP contribution in [0.25, 0.3) is 0 Å². The quantitative estimate of drug-likeness (QED) is 0.0261. The van der Waals surface area contributed by atoms with Crippen molar-refractivity contribution in [1.29, 1.82) is 0 Å². The van der Waals surface area contributed by atoms with E-state index in [-0.39, 0.29) is 12.5 Å². The van der Waals surface area contributed by atoms with E-state index in [0.29, 0.717) is 6.42 Å². The van der Waals surface area contributed by atoms with E-state index in [4.69, 9.17) is 9.47 Å². The first-order chi connectivity index (χ1) is 31.3. The zero-order valence-electron chi connectivity index (χ0n) is 41.3. The zero-order chi connectivity index (χ0) is 46.6. The van der Waals surface area contributed by atoms with Crippen LogP contribution in [0.3, 0.4) is 0 Å². The van der Waals surface area contributed by atoms with Gasteiger partial charge in [-0.2, -0.15) is 0 Å². The number of carbonyl (C=O) groups is 1. The molecule has 64 heavy (non-hydrogen) atoms. The summed E-state index contributed by atoms with van der Waals surface area (Å²) in [4.78, 5) is 13.0. The first-order valence-electron chi connectivity index (χ1n) is 26.9. The number of aliphatic hydroxyl groups is 5. The molecule has 7 atom stereocenters. The van der Waals surface area contributed by atoms with Crippen LogP contribution in [0.2, 0.25) is 0 Å². The first kappa shape index (κ1) is 60.2. The summed E-state index contributed by atoms with van der Waals surface area (Å²) in [6.45, 7) is 3.75. The maximum Gasteiger partial charge on any atom is 0.220 e. The monoisotopic (exact) mass is 904 g/mol. The van der Waals surface area contributed by atoms with Crippen molar-refractivity contribution in [3.63, 3.8) is 0 Å². The van der Waals surface area contributed by atoms with Crippen LogP contribution < -0.4 is 5.32 Å². The van der Waals surface area contributed by atoms with Crippen LogP contribution >= 0.6 is 0 Å². The van der Waals surface area contributed by atoms with Crippen molar-refractivity contribution in [2.45, 2.75) is 281 Å². The molecule has 1 aliphatic rings. The second kappa shape index (κ2) is 45.0. The molecule has 0 bridgehead atoms. The molecule has 1 rings (SSSR count). The molecule has 0 aromatic heterocycles. The molecular weight excluding hydrogens is 803 g/mol. The molecule has 1 aliphatic heterocycles. The van der Waals surface area contributed by atoms with Crippen molar-refractivity contribution in [3.05, 3.63) is 48.6 Å². The Labute approximate surface area is 393 Å². The summed E-state index contributed by atoms with van der Waals surface area (Å²) in [7, 11) is 0. The van der Waals surface area contributed by atoms with Crippen molar-refractivity contribution >= 4 is 5.91 Å². The lowest BCUT2D eigenvalue weighted by Crippen LogP contribution is -2.60. The largest absolute Gasteiger partial charge is 0.394 e. The fourth-order valence-electron chi connectivity index (χ4n) is 8.32. The highest BCUT2D eigenvalue weighted by molar-refractivity contribution is 5.76. The molecular formula is C55H101NO8. The maximum atomic E-state index is 13.0. The highest BCUT2D eigenvalue weighted by atomic mass is 16.7. The smallest absolute Gasteiger partial charge is 0.220 e. The summed E-state index contributed by atoms with van der Waals surface area (Å²) in [5.41, 5.74) is 0. The van der Waals surface area contributed by atoms with Gasteiger partial charge in [0.25, 0.3) is 0 Å². The number of aliphatic hydroxyl groups excluding tert-OH is 5. The zero-order valence-corrected chi connectivity index (χ0v) is 41.3. The molecule has 6 N–H and O–H groups in total. The van der Waals surface area contributed by atoms with Gasteiger partial charge in [0.15, 0.2) is 6.29 Å². The third kappa shape index (κ3) is 34.5. The topological polar surface area (TPSA) is 149 Å². The van der Waals surface area contributed by atoms with E-state index >= 15 is 0 Å². The molecule has 0 aromatic rings. The van der Waals surface area contributed by atoms with Crippen molar-refractivity contribution in [2.24, 2.45) is 0 Å². The fourth-order valence-corrected chi connectivity index (χ4v) is 8.32. The van der Waals surface area contributed by atoms with E-state index in [9.17, 15) is 30.3 Å². The molecule has 374 valence electrons. The summed E-state index contributed by atoms with van der Waals surface area (Å²) in [5, 5.41) is 54.4. The second-order valence-electron chi connectivity index (χ2n) is 18.7. The van der Waals surface area contributed by atoms with Crippen molar-refractivity contribution < 1.29 is 39.8 Å². The Morgan fingerprint density at radius 3 is 1.42 bits per heavy atom. The Morgan fingerprint density at radius 2 is 0.938 bits per heavy atom. The van der Waals surface area contributed by atoms with Crippen LogP contribution in [-0.4, -0.2) is 87.5 Å². The molecule has 7 unspecified atom stereocenters. The molecule has 9 heteroatoms. The molecule has 0 aliphatic carbocycles. The number of ether oxygens (including phenoxy) is 2. The molecule has 1 amide bonds. The molecule has 1 saturated heterocycles. The Bertz CT molecular complexity index is 1140. The molecule has 0 radical (unpaired) electrons. The van der Waals surface area contributed by atoms with E-state index in [1.807, 2.05) is 6.08 Å². The van der Waals surface area contributed by atoms with Crippen LogP contribution in [0.5, 0.6) is 0 Å². The van der Waals surface area contributed by atoms with Crippen LogP contribution in [-0.2, 0) is 14.3 Å². The predicted molar refractivity (Wildman–Crippen MR) is 267 cm³/mol. The average Bonchev–Trinajstić information content (AvgIpc) is 3.29. The van der Waals surface area contributed by atoms with Gasteiger partial charge in [0.2, 0.25) is 5.91 Å². The number of hydrogen-bond donors (Lipinski definition) is 6. The van der Waals surface area contributed by atoms with Crippen molar-refractivity contribution in [2.75, 3.05) is 13.2 Å². The molecule has 0 spiro atoms. The van der Waals surface area contributed by atoms with Gasteiger partial charge in [-0.1, -0.05) is 217 Å². The lowest BCUT2D eigenvalue weighted by atomic mass is 9.99. The minimum atomic E-state index is -1.57. The summed E-state index contributed by atoms with van der Waals surface area (Å²) in [6, 6.07) is -0.827. The number of hydrogen-bond acceptors (Lipinski definition) is 8. The fraction of sp³-hybridized carbons (Fsp3) is 0.836. The van der Waals surface area contributed by atoms with Gasteiger partial charge < -0.3 is 40.3 Å². The Balaban J connectivity index is 2.30. The van der Waals surface area contributed by atoms with E-state index < -0.39 is 49.5 Å². The van der Waals surface area contributed by atoms with Crippen LogP contribution in [0.4, 0.5) is 0 Å². The van der Waals surface area contributed by atoms with Crippen molar-refractivity contribution in [3.8, 4) is 0 Å². The van der Waals surface area contributed by atoms with E-state index in [1.54, 1.807) is 6.08 Å². The third-order valence-corrected chi connectivity index (χ3v) is 12.6. The van der Waals surface area contributed by atoms with Crippen LogP contribution in [0.1, 0.15) is 239 Å². The van der Waals surface area contributed by atoms with Gasteiger partial charge in [0.1, 0.15) is 24.4 Å². The predicted octanol–water partition coefficient (Wildman–Crippen LogP) is 12.6. The second-order valence-corrected chi connectivity index (χ2v) is 18.7. The SMILES string of the molecule is CCCCCC/C=C\C/C=C\CCCCCCCCCC(=O)NC(COC1OC(CO)C(O)C(O)C1O)C(O)/C=C/CC/C=C/CCCCCCCCCCCCCCCCCCC. The Morgan fingerprint density at radius 1 is 0.531 bits per heavy atom. The highest BCUT2D eigenvalue weighted by Gasteiger charge is 2.44. The summed E-state index contributed by atoms with van der Waals surface area (Å²) < 4.78 is 11.2. The van der Waals surface area contributed by atoms with Gasteiger partial charge in [-0.3, -0.25) is 4.79 Å². The lowest BCUT2D eigenvalue weighted by molar-refractivity contribution is -0.302. The molecule has 1 fully saturated rings. The molecule has 0 aromatic carbocycles. The van der Waals surface area contributed by atoms with Gasteiger partial charge in [-0.05, 0) is 64.2 Å². The lowest BCUT2D eigenvalue weighted by Gasteiger charge is -2.40. The van der Waals surface area contributed by atoms with Gasteiger partial charge >= 0.3 is 0 Å². The molecule has 9 nitrogen and oxygen atoms in total. The number of amides is 1. The van der Waals surface area contributed by atoms with Gasteiger partial charge in [-0.25, -0.2) is 0 Å². The number of rotatable bonds is 45. The summed E-state index contributed by atoms with van der Waals surface area (Å²) in [6.07, 6.45) is 51.6. The van der Waals surface area contributed by atoms with Crippen LogP contribution in [0.15, 0.2) is 48.6 Å². The number of carbonyl (C=O) groups excluding carboxylic acids is 1.